The summed E-state index contributed by atoms with van der Waals surface area (Å²) in [5.74, 6) is -0.772. The maximum absolute atomic E-state index is 10.5. The molecule has 0 saturated carbocycles. The number of thiocyanates is 1. The second kappa shape index (κ2) is 8.06. The summed E-state index contributed by atoms with van der Waals surface area (Å²) in [6, 6.07) is 9.82. The van der Waals surface area contributed by atoms with Crippen LogP contribution < -0.4 is 0 Å². The first-order chi connectivity index (χ1) is 8.63. The standard InChI is InChI=1S/C13H15NO2S2/c1-10(7-8-12(15)16)18-13(17-9-14)11-5-3-2-4-6-11/h2-6,10,13H,7-8H2,1H3,(H,15,16). The van der Waals surface area contributed by atoms with Gasteiger partial charge < -0.3 is 5.11 Å². The maximum atomic E-state index is 10.5. The Morgan fingerprint density at radius 3 is 2.67 bits per heavy atom. The van der Waals surface area contributed by atoms with E-state index >= 15 is 0 Å². The molecule has 0 bridgehead atoms. The van der Waals surface area contributed by atoms with Gasteiger partial charge in [-0.3, -0.25) is 4.79 Å². The van der Waals surface area contributed by atoms with E-state index in [-0.39, 0.29) is 16.3 Å². The molecule has 5 heteroatoms. The predicted octanol–water partition coefficient (Wildman–Crippen LogP) is 3.89. The van der Waals surface area contributed by atoms with E-state index in [2.05, 4.69) is 5.40 Å². The molecule has 0 amide bonds. The van der Waals surface area contributed by atoms with Gasteiger partial charge in [0.25, 0.3) is 0 Å². The van der Waals surface area contributed by atoms with Crippen LogP contribution in [0.3, 0.4) is 0 Å². The highest BCUT2D eigenvalue weighted by molar-refractivity contribution is 8.18. The number of carboxylic acid groups (broad SMARTS) is 1. The summed E-state index contributed by atoms with van der Waals surface area (Å²) in [7, 11) is 0. The lowest BCUT2D eigenvalue weighted by atomic mass is 10.2. The topological polar surface area (TPSA) is 61.1 Å². The normalized spacial score (nSPS) is 13.6. The van der Waals surface area contributed by atoms with Crippen LogP contribution in [0, 0.1) is 10.7 Å². The molecular formula is C13H15NO2S2. The number of hydrogen-bond donors (Lipinski definition) is 1. The van der Waals surface area contributed by atoms with Gasteiger partial charge in [0, 0.05) is 11.7 Å². The van der Waals surface area contributed by atoms with Crippen molar-refractivity contribution in [1.29, 1.82) is 5.26 Å². The molecule has 3 nitrogen and oxygen atoms in total. The molecule has 1 N–H and O–H groups in total. The third kappa shape index (κ3) is 5.48. The smallest absolute Gasteiger partial charge is 0.303 e. The molecule has 1 aromatic rings. The third-order valence-electron chi connectivity index (χ3n) is 2.35. The van der Waals surface area contributed by atoms with Crippen LogP contribution in [0.25, 0.3) is 0 Å². The van der Waals surface area contributed by atoms with Crippen LogP contribution in [0.1, 0.15) is 29.9 Å². The van der Waals surface area contributed by atoms with Gasteiger partial charge in [-0.05, 0) is 23.7 Å². The lowest BCUT2D eigenvalue weighted by Crippen LogP contribution is -2.04. The quantitative estimate of drug-likeness (QED) is 0.607. The Balaban J connectivity index is 2.58. The van der Waals surface area contributed by atoms with Crippen molar-refractivity contribution in [2.45, 2.75) is 29.6 Å². The average Bonchev–Trinajstić information content (AvgIpc) is 2.37. The van der Waals surface area contributed by atoms with Crippen LogP contribution in [0.4, 0.5) is 0 Å². The monoisotopic (exact) mass is 281 g/mol. The van der Waals surface area contributed by atoms with Crippen LogP contribution in [0.15, 0.2) is 30.3 Å². The van der Waals surface area contributed by atoms with E-state index in [1.807, 2.05) is 37.3 Å². The predicted molar refractivity (Wildman–Crippen MR) is 76.3 cm³/mol. The van der Waals surface area contributed by atoms with Crippen molar-refractivity contribution < 1.29 is 9.90 Å². The molecule has 18 heavy (non-hydrogen) atoms. The molecule has 0 heterocycles. The Bertz CT molecular complexity index is 417. The lowest BCUT2D eigenvalue weighted by molar-refractivity contribution is -0.137. The number of nitriles is 1. The molecule has 96 valence electrons. The van der Waals surface area contributed by atoms with Gasteiger partial charge in [0.1, 0.15) is 5.40 Å². The summed E-state index contributed by atoms with van der Waals surface area (Å²) in [6.45, 7) is 2.00. The Kier molecular flexibility index (Phi) is 6.69. The first kappa shape index (κ1) is 14.9. The highest BCUT2D eigenvalue weighted by Crippen LogP contribution is 2.42. The van der Waals surface area contributed by atoms with Crippen LogP contribution in [-0.4, -0.2) is 16.3 Å². The van der Waals surface area contributed by atoms with E-state index in [9.17, 15) is 4.79 Å². The second-order valence-electron chi connectivity index (χ2n) is 3.83. The zero-order valence-corrected chi connectivity index (χ0v) is 11.7. The summed E-state index contributed by atoms with van der Waals surface area (Å²) in [4.78, 5) is 10.5. The van der Waals surface area contributed by atoms with E-state index in [1.54, 1.807) is 11.8 Å². The molecule has 0 aliphatic rings. The van der Waals surface area contributed by atoms with Gasteiger partial charge in [0.15, 0.2) is 0 Å². The van der Waals surface area contributed by atoms with Crippen LogP contribution in [0.2, 0.25) is 0 Å². The summed E-state index contributed by atoms with van der Waals surface area (Å²) in [6.07, 6.45) is 0.794. The molecule has 2 unspecified atom stereocenters. The summed E-state index contributed by atoms with van der Waals surface area (Å²) >= 11 is 2.85. The molecule has 0 fully saturated rings. The Labute approximate surface area is 116 Å². The van der Waals surface area contributed by atoms with Gasteiger partial charge in [0.2, 0.25) is 0 Å². The fourth-order valence-electron chi connectivity index (χ4n) is 1.44. The maximum Gasteiger partial charge on any atom is 0.303 e. The van der Waals surface area contributed by atoms with Gasteiger partial charge in [-0.25, -0.2) is 0 Å². The van der Waals surface area contributed by atoms with Crippen molar-refractivity contribution in [3.8, 4) is 5.40 Å². The first-order valence-electron chi connectivity index (χ1n) is 5.60. The number of thioether (sulfide) groups is 2. The van der Waals surface area contributed by atoms with E-state index in [0.29, 0.717) is 6.42 Å². The molecular weight excluding hydrogens is 266 g/mol. The Morgan fingerprint density at radius 1 is 1.44 bits per heavy atom. The minimum absolute atomic E-state index is 0.0417. The largest absolute Gasteiger partial charge is 0.481 e. The van der Waals surface area contributed by atoms with Crippen LogP contribution in [-0.2, 0) is 4.79 Å². The van der Waals surface area contributed by atoms with Gasteiger partial charge in [-0.2, -0.15) is 5.26 Å². The lowest BCUT2D eigenvalue weighted by Gasteiger charge is -2.17. The molecule has 2 atom stereocenters. The van der Waals surface area contributed by atoms with Gasteiger partial charge in [0.05, 0.1) is 4.58 Å². The Hall–Kier alpha value is -1.12. The SMILES string of the molecule is CC(CCC(=O)O)SC(SC#N)c1ccccc1. The average molecular weight is 281 g/mol. The van der Waals surface area contributed by atoms with Gasteiger partial charge in [-0.1, -0.05) is 37.3 Å². The van der Waals surface area contributed by atoms with Crippen molar-refractivity contribution >= 4 is 29.5 Å². The van der Waals surface area contributed by atoms with Crippen molar-refractivity contribution in [3.63, 3.8) is 0 Å². The van der Waals surface area contributed by atoms with E-state index in [1.165, 1.54) is 11.8 Å². The third-order valence-corrected chi connectivity index (χ3v) is 4.79. The molecule has 0 radical (unpaired) electrons. The van der Waals surface area contributed by atoms with Crippen LogP contribution in [0.5, 0.6) is 0 Å². The molecule has 0 aromatic heterocycles. The van der Waals surface area contributed by atoms with E-state index < -0.39 is 5.97 Å². The van der Waals surface area contributed by atoms with E-state index in [4.69, 9.17) is 10.4 Å². The highest BCUT2D eigenvalue weighted by Gasteiger charge is 2.17. The molecule has 1 rings (SSSR count). The minimum atomic E-state index is -0.772. The first-order valence-corrected chi connectivity index (χ1v) is 7.42. The van der Waals surface area contributed by atoms with Gasteiger partial charge >= 0.3 is 5.97 Å². The number of carbonyl (C=O) groups is 1. The summed E-state index contributed by atoms with van der Waals surface area (Å²) in [5.41, 5.74) is 1.09. The fraction of sp³-hybridized carbons (Fsp3) is 0.385. The minimum Gasteiger partial charge on any atom is -0.481 e. The number of aliphatic carboxylic acids is 1. The van der Waals surface area contributed by atoms with Crippen molar-refractivity contribution in [2.24, 2.45) is 0 Å². The highest BCUT2D eigenvalue weighted by atomic mass is 32.2. The number of nitrogens with zero attached hydrogens (tertiary/aromatic N) is 1. The molecule has 0 spiro atoms. The van der Waals surface area contributed by atoms with Gasteiger partial charge in [-0.15, -0.1) is 11.8 Å². The van der Waals surface area contributed by atoms with Crippen LogP contribution >= 0.6 is 23.5 Å². The number of benzene rings is 1. The Morgan fingerprint density at radius 2 is 2.11 bits per heavy atom. The number of hydrogen-bond acceptors (Lipinski definition) is 4. The molecule has 0 aliphatic heterocycles. The zero-order chi connectivity index (χ0) is 13.4. The molecule has 0 aliphatic carbocycles. The summed E-state index contributed by atoms with van der Waals surface area (Å²) in [5, 5.41) is 19.8. The van der Waals surface area contributed by atoms with E-state index in [0.717, 1.165) is 5.56 Å². The molecule has 0 saturated heterocycles. The fourth-order valence-corrected chi connectivity index (χ4v) is 3.74. The van der Waals surface area contributed by atoms with Crippen molar-refractivity contribution in [2.75, 3.05) is 0 Å². The number of rotatable bonds is 7. The second-order valence-corrected chi connectivity index (χ2v) is 6.57. The van der Waals surface area contributed by atoms with Crippen molar-refractivity contribution in [3.05, 3.63) is 35.9 Å². The number of carboxylic acids is 1. The molecule has 1 aromatic carbocycles. The zero-order valence-electron chi connectivity index (χ0n) is 10.1. The van der Waals surface area contributed by atoms with Crippen molar-refractivity contribution in [1.82, 2.24) is 0 Å². The summed E-state index contributed by atoms with van der Waals surface area (Å²) < 4.78 is 0.0417.